The number of rotatable bonds is 6. The van der Waals surface area contributed by atoms with Gasteiger partial charge in [-0.25, -0.2) is 0 Å². The number of nitrogens with one attached hydrogen (secondary N) is 1. The van der Waals surface area contributed by atoms with E-state index < -0.39 is 10.8 Å². The van der Waals surface area contributed by atoms with Gasteiger partial charge in [-0.05, 0) is 37.6 Å². The fourth-order valence-corrected chi connectivity index (χ4v) is 3.53. The van der Waals surface area contributed by atoms with Gasteiger partial charge in [0.15, 0.2) is 0 Å². The van der Waals surface area contributed by atoms with E-state index in [1.54, 1.807) is 0 Å². The predicted octanol–water partition coefficient (Wildman–Crippen LogP) is 1.85. The average Bonchev–Trinajstić information content (AvgIpc) is 3.19. The summed E-state index contributed by atoms with van der Waals surface area (Å²) in [4.78, 5) is 2.66. The monoisotopic (exact) mass is 286 g/mol. The summed E-state index contributed by atoms with van der Waals surface area (Å²) in [7, 11) is -0.684. The highest BCUT2D eigenvalue weighted by atomic mass is 32.2. The molecule has 0 radical (unpaired) electrons. The Morgan fingerprint density at radius 2 is 2.00 bits per heavy atom. The number of piperazine rings is 1. The van der Waals surface area contributed by atoms with Crippen molar-refractivity contribution in [2.75, 3.05) is 25.9 Å². The second-order valence-corrected chi connectivity index (χ2v) is 8.56. The molecule has 4 atom stereocenters. The summed E-state index contributed by atoms with van der Waals surface area (Å²) in [5.41, 5.74) is 0. The fraction of sp³-hybridized carbons (Fsp3) is 1.00. The maximum Gasteiger partial charge on any atom is 0.0329 e. The SMILES string of the molecule is CC(C)C1CNC(C2CC2)CN1CCC(C)S(C)=O. The first-order chi connectivity index (χ1) is 8.99. The molecular weight excluding hydrogens is 256 g/mol. The third kappa shape index (κ3) is 4.27. The molecule has 0 aromatic heterocycles. The third-order valence-electron chi connectivity index (χ3n) is 4.84. The molecule has 1 N–H and O–H groups in total. The maximum atomic E-state index is 11.5. The van der Waals surface area contributed by atoms with Crippen molar-refractivity contribution in [2.24, 2.45) is 11.8 Å². The van der Waals surface area contributed by atoms with E-state index in [2.05, 4.69) is 31.0 Å². The molecule has 1 saturated carbocycles. The van der Waals surface area contributed by atoms with Crippen molar-refractivity contribution in [1.82, 2.24) is 10.2 Å². The minimum Gasteiger partial charge on any atom is -0.311 e. The summed E-state index contributed by atoms with van der Waals surface area (Å²) in [6.45, 7) is 10.2. The Labute approximate surface area is 121 Å². The van der Waals surface area contributed by atoms with Crippen molar-refractivity contribution in [3.8, 4) is 0 Å². The molecule has 1 heterocycles. The van der Waals surface area contributed by atoms with Gasteiger partial charge >= 0.3 is 0 Å². The first-order valence-corrected chi connectivity index (χ1v) is 9.40. The molecule has 4 unspecified atom stereocenters. The molecule has 1 saturated heterocycles. The van der Waals surface area contributed by atoms with Gasteiger partial charge in [-0.15, -0.1) is 0 Å². The standard InChI is InChI=1S/C15H30N2OS/c1-11(2)15-9-16-14(13-5-6-13)10-17(15)8-7-12(3)19(4)18/h11-16H,5-10H2,1-4H3. The smallest absolute Gasteiger partial charge is 0.0329 e. The van der Waals surface area contributed by atoms with Crippen LogP contribution in [0.5, 0.6) is 0 Å². The van der Waals surface area contributed by atoms with Crippen LogP contribution in [0.1, 0.15) is 40.0 Å². The minimum absolute atomic E-state index is 0.321. The number of hydrogen-bond acceptors (Lipinski definition) is 3. The van der Waals surface area contributed by atoms with Gasteiger partial charge in [-0.2, -0.15) is 0 Å². The van der Waals surface area contributed by atoms with E-state index in [0.29, 0.717) is 23.3 Å². The Bertz CT molecular complexity index is 317. The highest BCUT2D eigenvalue weighted by molar-refractivity contribution is 7.84. The molecule has 0 spiro atoms. The van der Waals surface area contributed by atoms with Crippen LogP contribution in [-0.2, 0) is 10.8 Å². The Balaban J connectivity index is 1.89. The molecule has 0 bridgehead atoms. The first kappa shape index (κ1) is 15.5. The molecule has 0 aromatic carbocycles. The van der Waals surface area contributed by atoms with Gasteiger partial charge in [-0.1, -0.05) is 20.8 Å². The van der Waals surface area contributed by atoms with Crippen LogP contribution in [0.15, 0.2) is 0 Å². The van der Waals surface area contributed by atoms with Gasteiger partial charge in [0.05, 0.1) is 0 Å². The lowest BCUT2D eigenvalue weighted by Crippen LogP contribution is -2.59. The van der Waals surface area contributed by atoms with Gasteiger partial charge in [0.1, 0.15) is 0 Å². The van der Waals surface area contributed by atoms with Gasteiger partial charge < -0.3 is 5.32 Å². The molecule has 112 valence electrons. The van der Waals surface area contributed by atoms with Crippen LogP contribution in [0.2, 0.25) is 0 Å². The van der Waals surface area contributed by atoms with Gasteiger partial charge in [-0.3, -0.25) is 9.11 Å². The van der Waals surface area contributed by atoms with E-state index in [9.17, 15) is 4.21 Å². The zero-order valence-electron chi connectivity index (χ0n) is 12.9. The van der Waals surface area contributed by atoms with Crippen molar-refractivity contribution in [3.05, 3.63) is 0 Å². The molecule has 3 nitrogen and oxygen atoms in total. The molecule has 1 aliphatic carbocycles. The molecule has 1 aliphatic heterocycles. The van der Waals surface area contributed by atoms with Crippen LogP contribution in [0.25, 0.3) is 0 Å². The average molecular weight is 286 g/mol. The quantitative estimate of drug-likeness (QED) is 0.809. The Morgan fingerprint density at radius 3 is 2.53 bits per heavy atom. The summed E-state index contributed by atoms with van der Waals surface area (Å²) in [6.07, 6.45) is 5.71. The second-order valence-electron chi connectivity index (χ2n) is 6.76. The minimum atomic E-state index is -0.684. The molecule has 2 aliphatic rings. The van der Waals surface area contributed by atoms with E-state index >= 15 is 0 Å². The summed E-state index contributed by atoms with van der Waals surface area (Å²) >= 11 is 0. The van der Waals surface area contributed by atoms with Crippen molar-refractivity contribution >= 4 is 10.8 Å². The van der Waals surface area contributed by atoms with Crippen LogP contribution in [0.4, 0.5) is 0 Å². The van der Waals surface area contributed by atoms with Gasteiger partial charge in [0.25, 0.3) is 0 Å². The van der Waals surface area contributed by atoms with Crippen LogP contribution >= 0.6 is 0 Å². The highest BCUT2D eigenvalue weighted by Gasteiger charge is 2.37. The van der Waals surface area contributed by atoms with E-state index in [0.717, 1.165) is 25.4 Å². The van der Waals surface area contributed by atoms with Crippen molar-refractivity contribution in [3.63, 3.8) is 0 Å². The largest absolute Gasteiger partial charge is 0.311 e. The Morgan fingerprint density at radius 1 is 1.32 bits per heavy atom. The molecule has 2 rings (SSSR count). The molecule has 0 amide bonds. The lowest BCUT2D eigenvalue weighted by molar-refractivity contribution is 0.0912. The maximum absolute atomic E-state index is 11.5. The summed E-state index contributed by atoms with van der Waals surface area (Å²) in [5, 5.41) is 4.07. The van der Waals surface area contributed by atoms with Crippen LogP contribution in [0.3, 0.4) is 0 Å². The Kier molecular flexibility index (Phi) is 5.44. The van der Waals surface area contributed by atoms with E-state index in [-0.39, 0.29) is 0 Å². The molecule has 2 fully saturated rings. The summed E-state index contributed by atoms with van der Waals surface area (Å²) in [6, 6.07) is 1.35. The van der Waals surface area contributed by atoms with Crippen LogP contribution < -0.4 is 5.32 Å². The highest BCUT2D eigenvalue weighted by Crippen LogP contribution is 2.34. The van der Waals surface area contributed by atoms with E-state index in [1.807, 2.05) is 6.26 Å². The van der Waals surface area contributed by atoms with Crippen molar-refractivity contribution in [1.29, 1.82) is 0 Å². The molecule has 4 heteroatoms. The van der Waals surface area contributed by atoms with E-state index in [1.165, 1.54) is 19.4 Å². The molecule has 0 aromatic rings. The summed E-state index contributed by atoms with van der Waals surface area (Å²) in [5.74, 6) is 1.61. The topological polar surface area (TPSA) is 32.3 Å². The van der Waals surface area contributed by atoms with Crippen LogP contribution in [-0.4, -0.2) is 52.3 Å². The van der Waals surface area contributed by atoms with Gasteiger partial charge in [0, 0.05) is 47.5 Å². The van der Waals surface area contributed by atoms with Crippen LogP contribution in [0, 0.1) is 11.8 Å². The lowest BCUT2D eigenvalue weighted by Gasteiger charge is -2.43. The zero-order valence-corrected chi connectivity index (χ0v) is 13.7. The van der Waals surface area contributed by atoms with Gasteiger partial charge in [0.2, 0.25) is 0 Å². The molecule has 19 heavy (non-hydrogen) atoms. The van der Waals surface area contributed by atoms with Crippen molar-refractivity contribution < 1.29 is 4.21 Å². The normalized spacial score (nSPS) is 32.5. The number of hydrogen-bond donors (Lipinski definition) is 1. The fourth-order valence-electron chi connectivity index (χ4n) is 3.10. The van der Waals surface area contributed by atoms with Crippen molar-refractivity contribution in [2.45, 2.75) is 57.4 Å². The predicted molar refractivity (Wildman–Crippen MR) is 82.9 cm³/mol. The summed E-state index contributed by atoms with van der Waals surface area (Å²) < 4.78 is 11.5. The second kappa shape index (κ2) is 6.68. The molecular formula is C15H30N2OS. The number of nitrogens with zero attached hydrogens (tertiary/aromatic N) is 1. The first-order valence-electron chi connectivity index (χ1n) is 7.78. The third-order valence-corrected chi connectivity index (χ3v) is 6.21. The van der Waals surface area contributed by atoms with E-state index in [4.69, 9.17) is 0 Å². The Hall–Kier alpha value is 0.0700. The zero-order chi connectivity index (χ0) is 14.0. The lowest BCUT2D eigenvalue weighted by atomic mass is 9.96.